The Balaban J connectivity index is 1.88. The fourth-order valence-corrected chi connectivity index (χ4v) is 1.62. The number of rotatable bonds is 3. The lowest BCUT2D eigenvalue weighted by Crippen LogP contribution is -1.89. The number of H-pyrrole nitrogens is 1. The lowest BCUT2D eigenvalue weighted by atomic mass is 10.2. The molecule has 2 heterocycles. The van der Waals surface area contributed by atoms with E-state index in [2.05, 4.69) is 20.3 Å². The molecule has 0 aliphatic heterocycles. The van der Waals surface area contributed by atoms with Crippen LogP contribution >= 0.6 is 0 Å². The molecule has 3 rings (SSSR count). The Hall–Kier alpha value is -1.65. The van der Waals surface area contributed by atoms with Crippen molar-refractivity contribution in [2.75, 3.05) is 0 Å². The van der Waals surface area contributed by atoms with E-state index < -0.39 is 0 Å². The van der Waals surface area contributed by atoms with Crippen LogP contribution in [0.2, 0.25) is 0 Å². The van der Waals surface area contributed by atoms with Gasteiger partial charge in [-0.3, -0.25) is 5.10 Å². The number of nitrogens with one attached hydrogen (secondary N) is 1. The van der Waals surface area contributed by atoms with Crippen molar-refractivity contribution in [3.8, 4) is 11.6 Å². The van der Waals surface area contributed by atoms with E-state index >= 15 is 0 Å². The monoisotopic (exact) mass is 218 g/mol. The molecule has 16 heavy (non-hydrogen) atoms. The van der Waals surface area contributed by atoms with Gasteiger partial charge >= 0.3 is 0 Å². The molecule has 1 saturated carbocycles. The number of aromatic amines is 1. The Morgan fingerprint density at radius 2 is 2.25 bits per heavy atom. The van der Waals surface area contributed by atoms with Crippen LogP contribution in [0.3, 0.4) is 0 Å². The lowest BCUT2D eigenvalue weighted by molar-refractivity contribution is 0.418. The summed E-state index contributed by atoms with van der Waals surface area (Å²) in [6, 6.07) is 2.01. The van der Waals surface area contributed by atoms with Crippen LogP contribution in [0.5, 0.6) is 0 Å². The molecule has 84 valence electrons. The Bertz CT molecular complexity index is 457. The molecule has 0 saturated heterocycles. The predicted molar refractivity (Wildman–Crippen MR) is 57.9 cm³/mol. The molecule has 2 aromatic rings. The van der Waals surface area contributed by atoms with E-state index in [1.807, 2.05) is 19.9 Å². The van der Waals surface area contributed by atoms with Gasteiger partial charge in [0.1, 0.15) is 0 Å². The minimum atomic E-state index is 0.277. The van der Waals surface area contributed by atoms with Crippen LogP contribution in [-0.2, 0) is 0 Å². The molecule has 0 atom stereocenters. The highest BCUT2D eigenvalue weighted by Gasteiger charge is 2.26. The highest BCUT2D eigenvalue weighted by atomic mass is 16.5. The fourth-order valence-electron chi connectivity index (χ4n) is 1.62. The number of nitrogens with zero attached hydrogens (tertiary/aromatic N) is 3. The van der Waals surface area contributed by atoms with Gasteiger partial charge in [-0.25, -0.2) is 0 Å². The zero-order valence-corrected chi connectivity index (χ0v) is 9.40. The number of hydrogen-bond donors (Lipinski definition) is 1. The molecular formula is C11H14N4O. The maximum absolute atomic E-state index is 5.18. The standard InChI is InChI=1S/C11H14N4O/c1-6(2)10-12-11(16-15-10)9-5-8(13-14-9)7-3-4-7/h5-7H,3-4H2,1-2H3,(H,13,14). The first kappa shape index (κ1) is 9.57. The third-order valence-electron chi connectivity index (χ3n) is 2.79. The second kappa shape index (κ2) is 3.43. The number of aromatic nitrogens is 4. The van der Waals surface area contributed by atoms with Crippen LogP contribution in [-0.4, -0.2) is 20.3 Å². The first-order valence-electron chi connectivity index (χ1n) is 5.63. The quantitative estimate of drug-likeness (QED) is 0.859. The normalized spacial score (nSPS) is 15.9. The molecule has 1 aliphatic carbocycles. The van der Waals surface area contributed by atoms with Gasteiger partial charge in [-0.1, -0.05) is 19.0 Å². The summed E-state index contributed by atoms with van der Waals surface area (Å²) in [7, 11) is 0. The first-order chi connectivity index (χ1) is 7.74. The molecule has 5 nitrogen and oxygen atoms in total. The van der Waals surface area contributed by atoms with E-state index in [1.54, 1.807) is 0 Å². The Morgan fingerprint density at radius 3 is 2.88 bits per heavy atom. The molecular weight excluding hydrogens is 204 g/mol. The minimum absolute atomic E-state index is 0.277. The molecule has 0 bridgehead atoms. The summed E-state index contributed by atoms with van der Waals surface area (Å²) in [6.45, 7) is 4.07. The molecule has 1 aliphatic rings. The van der Waals surface area contributed by atoms with E-state index in [9.17, 15) is 0 Å². The smallest absolute Gasteiger partial charge is 0.278 e. The van der Waals surface area contributed by atoms with E-state index in [-0.39, 0.29) is 5.92 Å². The van der Waals surface area contributed by atoms with Crippen molar-refractivity contribution in [2.24, 2.45) is 0 Å². The molecule has 0 amide bonds. The minimum Gasteiger partial charge on any atom is -0.332 e. The molecule has 2 aromatic heterocycles. The van der Waals surface area contributed by atoms with Crippen molar-refractivity contribution < 1.29 is 4.52 Å². The van der Waals surface area contributed by atoms with Crippen molar-refractivity contribution >= 4 is 0 Å². The summed E-state index contributed by atoms with van der Waals surface area (Å²) in [5.41, 5.74) is 1.93. The zero-order valence-electron chi connectivity index (χ0n) is 9.40. The molecule has 0 unspecified atom stereocenters. The second-order valence-corrected chi connectivity index (χ2v) is 4.60. The van der Waals surface area contributed by atoms with Crippen molar-refractivity contribution in [3.05, 3.63) is 17.6 Å². The summed E-state index contributed by atoms with van der Waals surface area (Å²) in [5, 5.41) is 11.1. The third kappa shape index (κ3) is 1.62. The van der Waals surface area contributed by atoms with E-state index in [0.717, 1.165) is 11.5 Å². The van der Waals surface area contributed by atoms with E-state index in [4.69, 9.17) is 4.52 Å². The summed E-state index contributed by atoms with van der Waals surface area (Å²) >= 11 is 0. The van der Waals surface area contributed by atoms with Gasteiger partial charge < -0.3 is 4.52 Å². The second-order valence-electron chi connectivity index (χ2n) is 4.60. The highest BCUT2D eigenvalue weighted by molar-refractivity contribution is 5.47. The van der Waals surface area contributed by atoms with E-state index in [1.165, 1.54) is 18.5 Å². The van der Waals surface area contributed by atoms with Gasteiger partial charge in [0, 0.05) is 17.5 Å². The summed E-state index contributed by atoms with van der Waals surface area (Å²) in [4.78, 5) is 4.31. The maximum atomic E-state index is 5.18. The van der Waals surface area contributed by atoms with Crippen LogP contribution in [0.25, 0.3) is 11.6 Å². The van der Waals surface area contributed by atoms with Gasteiger partial charge in [-0.15, -0.1) is 0 Å². The van der Waals surface area contributed by atoms with Gasteiger partial charge in [0.2, 0.25) is 0 Å². The van der Waals surface area contributed by atoms with Crippen molar-refractivity contribution in [1.82, 2.24) is 20.3 Å². The Labute approximate surface area is 93.3 Å². The van der Waals surface area contributed by atoms with Gasteiger partial charge in [-0.2, -0.15) is 10.1 Å². The van der Waals surface area contributed by atoms with Gasteiger partial charge in [0.05, 0.1) is 0 Å². The average Bonchev–Trinajstić information content (AvgIpc) is 2.83. The molecule has 1 N–H and O–H groups in total. The van der Waals surface area contributed by atoms with Gasteiger partial charge in [0.25, 0.3) is 5.89 Å². The van der Waals surface area contributed by atoms with Crippen LogP contribution in [0, 0.1) is 0 Å². The molecule has 1 fully saturated rings. The van der Waals surface area contributed by atoms with Crippen LogP contribution in [0.4, 0.5) is 0 Å². The van der Waals surface area contributed by atoms with E-state index in [0.29, 0.717) is 11.8 Å². The summed E-state index contributed by atoms with van der Waals surface area (Å²) in [5.74, 6) is 2.17. The van der Waals surface area contributed by atoms with Crippen molar-refractivity contribution in [2.45, 2.75) is 38.5 Å². The van der Waals surface area contributed by atoms with Crippen LogP contribution < -0.4 is 0 Å². The predicted octanol–water partition coefficient (Wildman–Crippen LogP) is 2.46. The van der Waals surface area contributed by atoms with Crippen molar-refractivity contribution in [3.63, 3.8) is 0 Å². The fraction of sp³-hybridized carbons (Fsp3) is 0.545. The molecule has 5 heteroatoms. The number of hydrogen-bond acceptors (Lipinski definition) is 4. The van der Waals surface area contributed by atoms with Gasteiger partial charge in [-0.05, 0) is 18.9 Å². The maximum Gasteiger partial charge on any atom is 0.278 e. The Morgan fingerprint density at radius 1 is 1.44 bits per heavy atom. The largest absolute Gasteiger partial charge is 0.332 e. The lowest BCUT2D eigenvalue weighted by Gasteiger charge is -1.91. The van der Waals surface area contributed by atoms with Crippen LogP contribution in [0.1, 0.15) is 50.0 Å². The van der Waals surface area contributed by atoms with Gasteiger partial charge in [0.15, 0.2) is 11.5 Å². The molecule has 0 spiro atoms. The van der Waals surface area contributed by atoms with Crippen molar-refractivity contribution in [1.29, 1.82) is 0 Å². The van der Waals surface area contributed by atoms with Crippen LogP contribution in [0.15, 0.2) is 10.6 Å². The third-order valence-corrected chi connectivity index (χ3v) is 2.79. The SMILES string of the molecule is CC(C)c1noc(-c2cc(C3CC3)[nH]n2)n1. The Kier molecular flexibility index (Phi) is 2.05. The summed E-state index contributed by atoms with van der Waals surface area (Å²) < 4.78 is 5.18. The average molecular weight is 218 g/mol. The highest BCUT2D eigenvalue weighted by Crippen LogP contribution is 2.39. The summed E-state index contributed by atoms with van der Waals surface area (Å²) in [6.07, 6.45) is 2.51. The zero-order chi connectivity index (χ0) is 11.1. The first-order valence-corrected chi connectivity index (χ1v) is 5.63. The molecule has 0 aromatic carbocycles. The molecule has 0 radical (unpaired) electrons. The topological polar surface area (TPSA) is 67.6 Å².